The van der Waals surface area contributed by atoms with E-state index in [-0.39, 0.29) is 5.91 Å². The summed E-state index contributed by atoms with van der Waals surface area (Å²) in [5.41, 5.74) is 1.31. The molecule has 0 saturated carbocycles. The van der Waals surface area contributed by atoms with Gasteiger partial charge in [0, 0.05) is 24.0 Å². The quantitative estimate of drug-likeness (QED) is 0.596. The lowest BCUT2D eigenvalue weighted by molar-refractivity contribution is -0.115. The van der Waals surface area contributed by atoms with Gasteiger partial charge in [-0.05, 0) is 48.5 Å². The molecule has 3 amide bonds. The highest BCUT2D eigenvalue weighted by atomic mass is 32.2. The number of carbonyl (C=O) groups is 3. The predicted octanol–water partition coefficient (Wildman–Crippen LogP) is 1.65. The summed E-state index contributed by atoms with van der Waals surface area (Å²) in [5, 5.41) is 7.46. The summed E-state index contributed by atoms with van der Waals surface area (Å²) in [6.45, 7) is 1.37. The Kier molecular flexibility index (Phi) is 7.32. The van der Waals surface area contributed by atoms with E-state index in [1.165, 1.54) is 26.2 Å². The van der Waals surface area contributed by atoms with Crippen molar-refractivity contribution in [1.82, 2.24) is 0 Å². The zero-order valence-corrected chi connectivity index (χ0v) is 16.7. The van der Waals surface area contributed by atoms with Gasteiger partial charge in [0.1, 0.15) is 17.3 Å². The molecule has 9 nitrogen and oxygen atoms in total. The third kappa shape index (κ3) is 7.62. The van der Waals surface area contributed by atoms with Crippen LogP contribution in [0.5, 0.6) is 5.75 Å². The van der Waals surface area contributed by atoms with Crippen molar-refractivity contribution in [3.05, 3.63) is 48.5 Å². The molecule has 0 aliphatic rings. The normalized spacial score (nSPS) is 10.7. The largest absolute Gasteiger partial charge is 0.497 e. The molecule has 0 aliphatic carbocycles. The lowest BCUT2D eigenvalue weighted by Crippen LogP contribution is -2.30. The highest BCUT2D eigenvalue weighted by Gasteiger charge is 2.21. The summed E-state index contributed by atoms with van der Waals surface area (Å²) in [6, 6.07) is 12.5. The SMILES string of the molecule is COc1ccc(NC(=O)CS(=O)(=O)CC(=O)Nc2ccc(NC(C)=O)cc2)cc1. The smallest absolute Gasteiger partial charge is 0.239 e. The van der Waals surface area contributed by atoms with E-state index in [2.05, 4.69) is 16.0 Å². The third-order valence-corrected chi connectivity index (χ3v) is 4.97. The van der Waals surface area contributed by atoms with Gasteiger partial charge in [0.2, 0.25) is 17.7 Å². The molecule has 3 N–H and O–H groups in total. The zero-order chi connectivity index (χ0) is 21.4. The molecule has 2 aromatic carbocycles. The molecule has 0 aromatic heterocycles. The maximum atomic E-state index is 12.1. The molecule has 0 saturated heterocycles. The highest BCUT2D eigenvalue weighted by molar-refractivity contribution is 7.92. The molecule has 0 fully saturated rings. The third-order valence-electron chi connectivity index (χ3n) is 3.56. The predicted molar refractivity (Wildman–Crippen MR) is 110 cm³/mol. The number of nitrogens with one attached hydrogen (secondary N) is 3. The number of sulfone groups is 1. The molecule has 0 atom stereocenters. The van der Waals surface area contributed by atoms with Crippen LogP contribution in [-0.4, -0.2) is 44.8 Å². The van der Waals surface area contributed by atoms with E-state index >= 15 is 0 Å². The van der Waals surface area contributed by atoms with E-state index in [1.807, 2.05) is 0 Å². The Hall–Kier alpha value is -3.40. The fourth-order valence-corrected chi connectivity index (χ4v) is 3.40. The number of hydrogen-bond acceptors (Lipinski definition) is 6. The molecular weight excluding hydrogens is 398 g/mol. The lowest BCUT2D eigenvalue weighted by Gasteiger charge is -2.09. The first-order valence-electron chi connectivity index (χ1n) is 8.49. The number of carbonyl (C=O) groups excluding carboxylic acids is 3. The van der Waals surface area contributed by atoms with Crippen LogP contribution in [0, 0.1) is 0 Å². The van der Waals surface area contributed by atoms with Crippen LogP contribution in [0.2, 0.25) is 0 Å². The van der Waals surface area contributed by atoms with Crippen LogP contribution >= 0.6 is 0 Å². The van der Waals surface area contributed by atoms with Crippen LogP contribution in [0.25, 0.3) is 0 Å². The molecule has 0 unspecified atom stereocenters. The first kappa shape index (κ1) is 21.9. The number of rotatable bonds is 8. The minimum atomic E-state index is -3.96. The number of benzene rings is 2. The van der Waals surface area contributed by atoms with E-state index < -0.39 is 33.2 Å². The molecule has 10 heteroatoms. The van der Waals surface area contributed by atoms with Gasteiger partial charge in [-0.15, -0.1) is 0 Å². The van der Waals surface area contributed by atoms with E-state index in [0.29, 0.717) is 22.8 Å². The molecule has 2 aromatic rings. The zero-order valence-electron chi connectivity index (χ0n) is 15.9. The van der Waals surface area contributed by atoms with Crippen molar-refractivity contribution >= 4 is 44.6 Å². The summed E-state index contributed by atoms with van der Waals surface area (Å²) in [5.74, 6) is -2.82. The maximum Gasteiger partial charge on any atom is 0.239 e. The minimum absolute atomic E-state index is 0.235. The minimum Gasteiger partial charge on any atom is -0.497 e. The van der Waals surface area contributed by atoms with Crippen molar-refractivity contribution in [2.75, 3.05) is 34.6 Å². The van der Waals surface area contributed by atoms with Crippen LogP contribution in [0.3, 0.4) is 0 Å². The topological polar surface area (TPSA) is 131 Å². The number of methoxy groups -OCH3 is 1. The summed E-state index contributed by atoms with van der Waals surface area (Å²) < 4.78 is 29.2. The highest BCUT2D eigenvalue weighted by Crippen LogP contribution is 2.15. The first-order chi connectivity index (χ1) is 13.7. The maximum absolute atomic E-state index is 12.1. The average molecular weight is 419 g/mol. The van der Waals surface area contributed by atoms with E-state index in [9.17, 15) is 22.8 Å². The van der Waals surface area contributed by atoms with Crippen LogP contribution in [0.15, 0.2) is 48.5 Å². The molecule has 2 rings (SSSR count). The monoisotopic (exact) mass is 419 g/mol. The molecule has 154 valence electrons. The second-order valence-electron chi connectivity index (χ2n) is 6.12. The Morgan fingerprint density at radius 1 is 0.759 bits per heavy atom. The Morgan fingerprint density at radius 3 is 1.52 bits per heavy atom. The van der Waals surface area contributed by atoms with E-state index in [1.54, 1.807) is 36.4 Å². The van der Waals surface area contributed by atoms with E-state index in [4.69, 9.17) is 4.74 Å². The van der Waals surface area contributed by atoms with Gasteiger partial charge >= 0.3 is 0 Å². The van der Waals surface area contributed by atoms with Crippen molar-refractivity contribution in [3.63, 3.8) is 0 Å². The summed E-state index contributed by atoms with van der Waals surface area (Å²) >= 11 is 0. The fourth-order valence-electron chi connectivity index (χ4n) is 2.36. The van der Waals surface area contributed by atoms with Crippen LogP contribution < -0.4 is 20.7 Å². The number of anilines is 3. The Morgan fingerprint density at radius 2 is 1.14 bits per heavy atom. The molecule has 0 spiro atoms. The van der Waals surface area contributed by atoms with Crippen molar-refractivity contribution in [1.29, 1.82) is 0 Å². The molecule has 0 heterocycles. The molecule has 0 radical (unpaired) electrons. The standard InChI is InChI=1S/C19H21N3O6S/c1-13(23)20-14-3-5-15(6-4-14)21-18(24)11-29(26,27)12-19(25)22-16-7-9-17(28-2)10-8-16/h3-10H,11-12H2,1-2H3,(H,20,23)(H,21,24)(H,22,25). The van der Waals surface area contributed by atoms with E-state index in [0.717, 1.165) is 0 Å². The fraction of sp³-hybridized carbons (Fsp3) is 0.211. The van der Waals surface area contributed by atoms with Gasteiger partial charge < -0.3 is 20.7 Å². The molecule has 29 heavy (non-hydrogen) atoms. The summed E-state index contributed by atoms with van der Waals surface area (Å²) in [4.78, 5) is 34.9. The number of ether oxygens (including phenoxy) is 1. The average Bonchev–Trinajstić information content (AvgIpc) is 2.62. The van der Waals surface area contributed by atoms with Gasteiger partial charge in [-0.2, -0.15) is 0 Å². The second kappa shape index (κ2) is 9.69. The Balaban J connectivity index is 1.87. The van der Waals surface area contributed by atoms with Crippen LogP contribution in [-0.2, 0) is 24.2 Å². The summed E-state index contributed by atoms with van der Waals surface area (Å²) in [6.07, 6.45) is 0. The van der Waals surface area contributed by atoms with Crippen molar-refractivity contribution in [2.24, 2.45) is 0 Å². The lowest BCUT2D eigenvalue weighted by atomic mass is 10.3. The number of amides is 3. The molecular formula is C19H21N3O6S. The van der Waals surface area contributed by atoms with Gasteiger partial charge in [0.15, 0.2) is 9.84 Å². The van der Waals surface area contributed by atoms with Crippen LogP contribution in [0.4, 0.5) is 17.1 Å². The van der Waals surface area contributed by atoms with Gasteiger partial charge in [-0.1, -0.05) is 0 Å². The number of hydrogen-bond donors (Lipinski definition) is 3. The van der Waals surface area contributed by atoms with Gasteiger partial charge in [-0.3, -0.25) is 14.4 Å². The van der Waals surface area contributed by atoms with Gasteiger partial charge in [0.05, 0.1) is 7.11 Å². The first-order valence-corrected chi connectivity index (χ1v) is 10.3. The van der Waals surface area contributed by atoms with Crippen LogP contribution in [0.1, 0.15) is 6.92 Å². The molecule has 0 aliphatic heterocycles. The Labute approximate surface area is 168 Å². The van der Waals surface area contributed by atoms with Gasteiger partial charge in [0.25, 0.3) is 0 Å². The second-order valence-corrected chi connectivity index (χ2v) is 8.18. The van der Waals surface area contributed by atoms with Crippen molar-refractivity contribution < 1.29 is 27.5 Å². The van der Waals surface area contributed by atoms with Crippen molar-refractivity contribution in [3.8, 4) is 5.75 Å². The Bertz CT molecular complexity index is 986. The van der Waals surface area contributed by atoms with Gasteiger partial charge in [-0.25, -0.2) is 8.42 Å². The summed E-state index contributed by atoms with van der Waals surface area (Å²) in [7, 11) is -2.46. The van der Waals surface area contributed by atoms with Crippen molar-refractivity contribution in [2.45, 2.75) is 6.92 Å². The molecule has 0 bridgehead atoms.